The lowest BCUT2D eigenvalue weighted by Crippen LogP contribution is -2.09. The number of hydrogen-bond acceptors (Lipinski definition) is 4. The monoisotopic (exact) mass is 290 g/mol. The molecular formula is C10H11BrO3S. The number of ketones is 2. The van der Waals surface area contributed by atoms with Crippen LogP contribution in [0.4, 0.5) is 0 Å². The van der Waals surface area contributed by atoms with Crippen LogP contribution < -0.4 is 0 Å². The lowest BCUT2D eigenvalue weighted by molar-refractivity contribution is -0.119. The van der Waals surface area contributed by atoms with Crippen molar-refractivity contribution in [1.82, 2.24) is 0 Å². The van der Waals surface area contributed by atoms with Crippen molar-refractivity contribution in [2.45, 2.75) is 12.8 Å². The fourth-order valence-corrected chi connectivity index (χ4v) is 2.40. The van der Waals surface area contributed by atoms with Gasteiger partial charge < -0.3 is 4.74 Å². The van der Waals surface area contributed by atoms with Crippen molar-refractivity contribution in [3.8, 4) is 0 Å². The number of Topliss-reactive ketones (excluding diaryl/α,β-unsaturated/α-hetero) is 2. The van der Waals surface area contributed by atoms with E-state index in [-0.39, 0.29) is 18.0 Å². The molecule has 0 spiro atoms. The maximum atomic E-state index is 11.6. The van der Waals surface area contributed by atoms with E-state index in [2.05, 4.69) is 15.9 Å². The minimum absolute atomic E-state index is 0.0314. The SMILES string of the molecule is COCCC(=O)CC(=O)c1cc(Br)cs1. The molecule has 0 aromatic carbocycles. The Morgan fingerprint density at radius 2 is 2.27 bits per heavy atom. The number of hydrogen-bond donors (Lipinski definition) is 0. The molecule has 0 amide bonds. The van der Waals surface area contributed by atoms with E-state index in [0.717, 1.165) is 4.47 Å². The normalized spacial score (nSPS) is 10.3. The summed E-state index contributed by atoms with van der Waals surface area (Å²) in [5.74, 6) is -0.196. The first-order chi connectivity index (χ1) is 7.13. The second-order valence-electron chi connectivity index (χ2n) is 3.01. The highest BCUT2D eigenvalue weighted by molar-refractivity contribution is 9.10. The summed E-state index contributed by atoms with van der Waals surface area (Å²) in [6.45, 7) is 0.375. The van der Waals surface area contributed by atoms with E-state index in [1.807, 2.05) is 5.38 Å². The molecular weight excluding hydrogens is 280 g/mol. The molecule has 1 aromatic heterocycles. The predicted octanol–water partition coefficient (Wildman–Crippen LogP) is 2.69. The van der Waals surface area contributed by atoms with E-state index in [1.165, 1.54) is 18.4 Å². The van der Waals surface area contributed by atoms with Crippen LogP contribution in [0.5, 0.6) is 0 Å². The number of rotatable bonds is 6. The fraction of sp³-hybridized carbons (Fsp3) is 0.400. The van der Waals surface area contributed by atoms with Crippen molar-refractivity contribution in [2.75, 3.05) is 13.7 Å². The van der Waals surface area contributed by atoms with Crippen LogP contribution in [0.25, 0.3) is 0 Å². The smallest absolute Gasteiger partial charge is 0.180 e. The molecule has 15 heavy (non-hydrogen) atoms. The van der Waals surface area contributed by atoms with Crippen LogP contribution in [0.1, 0.15) is 22.5 Å². The van der Waals surface area contributed by atoms with E-state index in [4.69, 9.17) is 4.74 Å². The molecule has 0 aliphatic carbocycles. The first-order valence-corrected chi connectivity index (χ1v) is 6.08. The van der Waals surface area contributed by atoms with Gasteiger partial charge in [-0.2, -0.15) is 0 Å². The Labute approximate surface area is 101 Å². The molecule has 3 nitrogen and oxygen atoms in total. The molecule has 1 aromatic rings. The summed E-state index contributed by atoms with van der Waals surface area (Å²) in [4.78, 5) is 23.5. The fourth-order valence-electron chi connectivity index (χ4n) is 1.03. The van der Waals surface area contributed by atoms with E-state index in [1.54, 1.807) is 6.07 Å². The van der Waals surface area contributed by atoms with Gasteiger partial charge in [0.1, 0.15) is 5.78 Å². The molecule has 0 saturated heterocycles. The van der Waals surface area contributed by atoms with Gasteiger partial charge in [0.15, 0.2) is 5.78 Å². The predicted molar refractivity (Wildman–Crippen MR) is 62.5 cm³/mol. The average Bonchev–Trinajstić information content (AvgIpc) is 2.61. The third-order valence-electron chi connectivity index (χ3n) is 1.79. The van der Waals surface area contributed by atoms with Crippen molar-refractivity contribution in [1.29, 1.82) is 0 Å². The molecule has 0 aliphatic rings. The van der Waals surface area contributed by atoms with Gasteiger partial charge in [-0.25, -0.2) is 0 Å². The van der Waals surface area contributed by atoms with Gasteiger partial charge in [0.25, 0.3) is 0 Å². The summed E-state index contributed by atoms with van der Waals surface area (Å²) < 4.78 is 5.64. The third-order valence-corrected chi connectivity index (χ3v) is 3.52. The summed E-state index contributed by atoms with van der Waals surface area (Å²) in [6.07, 6.45) is 0.269. The van der Waals surface area contributed by atoms with Crippen LogP contribution in [0.15, 0.2) is 15.9 Å². The highest BCUT2D eigenvalue weighted by Crippen LogP contribution is 2.21. The number of ether oxygens (including phenoxy) is 1. The Hall–Kier alpha value is -0.520. The molecule has 0 N–H and O–H groups in total. The molecule has 0 radical (unpaired) electrons. The first-order valence-electron chi connectivity index (χ1n) is 4.41. The highest BCUT2D eigenvalue weighted by Gasteiger charge is 2.13. The van der Waals surface area contributed by atoms with Gasteiger partial charge in [-0.1, -0.05) is 0 Å². The van der Waals surface area contributed by atoms with Gasteiger partial charge in [0.05, 0.1) is 17.9 Å². The van der Waals surface area contributed by atoms with Crippen LogP contribution >= 0.6 is 27.3 Å². The molecule has 0 aliphatic heterocycles. The van der Waals surface area contributed by atoms with Crippen LogP contribution in [-0.2, 0) is 9.53 Å². The zero-order valence-electron chi connectivity index (χ0n) is 8.29. The molecule has 0 bridgehead atoms. The van der Waals surface area contributed by atoms with Crippen LogP contribution in [-0.4, -0.2) is 25.3 Å². The Bertz CT molecular complexity index is 359. The Balaban J connectivity index is 2.45. The number of carbonyl (C=O) groups excluding carboxylic acids is 2. The van der Waals surface area contributed by atoms with E-state index < -0.39 is 0 Å². The number of methoxy groups -OCH3 is 1. The number of thiophene rings is 1. The molecule has 0 fully saturated rings. The Morgan fingerprint density at radius 3 is 2.80 bits per heavy atom. The van der Waals surface area contributed by atoms with Gasteiger partial charge in [-0.3, -0.25) is 9.59 Å². The number of carbonyl (C=O) groups is 2. The largest absolute Gasteiger partial charge is 0.384 e. The topological polar surface area (TPSA) is 43.4 Å². The molecule has 5 heteroatoms. The van der Waals surface area contributed by atoms with Gasteiger partial charge in [-0.15, -0.1) is 11.3 Å². The number of halogens is 1. The van der Waals surface area contributed by atoms with Gasteiger partial charge in [0, 0.05) is 23.4 Å². The maximum Gasteiger partial charge on any atom is 0.180 e. The summed E-state index contributed by atoms with van der Waals surface area (Å²) in [5.41, 5.74) is 0. The summed E-state index contributed by atoms with van der Waals surface area (Å²) in [6, 6.07) is 1.73. The maximum absolute atomic E-state index is 11.6. The second-order valence-corrected chi connectivity index (χ2v) is 4.84. The molecule has 0 saturated carbocycles. The molecule has 1 rings (SSSR count). The van der Waals surface area contributed by atoms with Crippen molar-refractivity contribution < 1.29 is 14.3 Å². The van der Waals surface area contributed by atoms with Crippen molar-refractivity contribution in [3.05, 3.63) is 20.8 Å². The Morgan fingerprint density at radius 1 is 1.53 bits per heavy atom. The molecule has 0 unspecified atom stereocenters. The third kappa shape index (κ3) is 4.24. The second kappa shape index (κ2) is 6.15. The molecule has 82 valence electrons. The first kappa shape index (κ1) is 12.5. The van der Waals surface area contributed by atoms with Gasteiger partial charge >= 0.3 is 0 Å². The van der Waals surface area contributed by atoms with E-state index >= 15 is 0 Å². The zero-order chi connectivity index (χ0) is 11.3. The lowest BCUT2D eigenvalue weighted by atomic mass is 10.1. The summed E-state index contributed by atoms with van der Waals surface area (Å²) >= 11 is 4.61. The van der Waals surface area contributed by atoms with Crippen molar-refractivity contribution in [2.24, 2.45) is 0 Å². The Kier molecular flexibility index (Phi) is 5.14. The van der Waals surface area contributed by atoms with Crippen LogP contribution in [0.2, 0.25) is 0 Å². The van der Waals surface area contributed by atoms with Crippen molar-refractivity contribution >= 4 is 38.8 Å². The quantitative estimate of drug-likeness (QED) is 0.598. The zero-order valence-corrected chi connectivity index (χ0v) is 10.7. The lowest BCUT2D eigenvalue weighted by Gasteiger charge is -1.97. The average molecular weight is 291 g/mol. The van der Waals surface area contributed by atoms with E-state index in [0.29, 0.717) is 17.9 Å². The molecule has 0 atom stereocenters. The summed E-state index contributed by atoms with van der Waals surface area (Å²) in [5, 5.41) is 1.83. The van der Waals surface area contributed by atoms with Gasteiger partial charge in [-0.05, 0) is 22.0 Å². The minimum Gasteiger partial charge on any atom is -0.384 e. The van der Waals surface area contributed by atoms with Gasteiger partial charge in [0.2, 0.25) is 0 Å². The molecule has 1 heterocycles. The van der Waals surface area contributed by atoms with Crippen LogP contribution in [0, 0.1) is 0 Å². The van der Waals surface area contributed by atoms with Crippen molar-refractivity contribution in [3.63, 3.8) is 0 Å². The standard InChI is InChI=1S/C10H11BrO3S/c1-14-3-2-8(12)5-9(13)10-4-7(11)6-15-10/h4,6H,2-3,5H2,1H3. The highest BCUT2D eigenvalue weighted by atomic mass is 79.9. The van der Waals surface area contributed by atoms with Crippen LogP contribution in [0.3, 0.4) is 0 Å². The summed E-state index contributed by atoms with van der Waals surface area (Å²) in [7, 11) is 1.53. The minimum atomic E-state index is -0.119. The van der Waals surface area contributed by atoms with E-state index in [9.17, 15) is 9.59 Å².